The largest absolute Gasteiger partial charge is 0.497 e. The number of carbonyl (C=O) groups excluding carboxylic acids is 1. The summed E-state index contributed by atoms with van der Waals surface area (Å²) in [5.74, 6) is 0.668. The zero-order valence-corrected chi connectivity index (χ0v) is 14.4. The van der Waals surface area contributed by atoms with Crippen LogP contribution in [0, 0.1) is 0 Å². The van der Waals surface area contributed by atoms with Crippen molar-refractivity contribution >= 4 is 33.1 Å². The fourth-order valence-corrected chi connectivity index (χ4v) is 3.57. The van der Waals surface area contributed by atoms with Crippen molar-refractivity contribution in [3.8, 4) is 5.75 Å². The van der Waals surface area contributed by atoms with E-state index in [4.69, 9.17) is 4.74 Å². The van der Waals surface area contributed by atoms with Crippen molar-refractivity contribution in [3.05, 3.63) is 57.7 Å². The van der Waals surface area contributed by atoms with Gasteiger partial charge >= 0.3 is 4.87 Å². The number of carbonyl (C=O) groups is 1. The van der Waals surface area contributed by atoms with Crippen LogP contribution in [0.2, 0.25) is 0 Å². The molecule has 3 rings (SSSR count). The lowest BCUT2D eigenvalue weighted by molar-refractivity contribution is -0.115. The molecule has 0 saturated carbocycles. The van der Waals surface area contributed by atoms with Crippen molar-refractivity contribution < 1.29 is 9.53 Å². The molecule has 124 valence electrons. The highest BCUT2D eigenvalue weighted by Crippen LogP contribution is 2.22. The Labute approximate surface area is 143 Å². The molecule has 3 aromatic rings. The number of hydrogen-bond donors (Lipinski definition) is 1. The van der Waals surface area contributed by atoms with Crippen LogP contribution in [0.5, 0.6) is 5.75 Å². The highest BCUT2D eigenvalue weighted by Gasteiger charge is 2.09. The minimum absolute atomic E-state index is 0.0224. The monoisotopic (exact) mass is 342 g/mol. The summed E-state index contributed by atoms with van der Waals surface area (Å²) in [6.07, 6.45) is 0.286. The predicted octanol–water partition coefficient (Wildman–Crippen LogP) is 3.27. The Morgan fingerprint density at radius 1 is 1.21 bits per heavy atom. The third-order valence-corrected chi connectivity index (χ3v) is 4.73. The van der Waals surface area contributed by atoms with Crippen LogP contribution in [0.15, 0.2) is 47.3 Å². The number of thiazole rings is 1. The van der Waals surface area contributed by atoms with Gasteiger partial charge in [0.25, 0.3) is 0 Å². The Morgan fingerprint density at radius 2 is 1.96 bits per heavy atom. The number of aromatic nitrogens is 1. The predicted molar refractivity (Wildman–Crippen MR) is 97.1 cm³/mol. The number of rotatable bonds is 5. The molecule has 0 radical (unpaired) electrons. The maximum atomic E-state index is 12.2. The van der Waals surface area contributed by atoms with Gasteiger partial charge in [-0.1, -0.05) is 23.5 Å². The number of fused-ring (bicyclic) bond motifs is 1. The first-order valence-corrected chi connectivity index (χ1v) is 8.48. The lowest BCUT2D eigenvalue weighted by atomic mass is 10.1. The number of hydrogen-bond acceptors (Lipinski definition) is 4. The van der Waals surface area contributed by atoms with E-state index in [1.54, 1.807) is 11.7 Å². The lowest BCUT2D eigenvalue weighted by Gasteiger charge is -2.07. The Hall–Kier alpha value is -2.60. The smallest absolute Gasteiger partial charge is 0.308 e. The van der Waals surface area contributed by atoms with Gasteiger partial charge in [-0.15, -0.1) is 0 Å². The maximum Gasteiger partial charge on any atom is 0.308 e. The number of anilines is 1. The average Bonchev–Trinajstić information content (AvgIpc) is 2.89. The highest BCUT2D eigenvalue weighted by molar-refractivity contribution is 7.16. The summed E-state index contributed by atoms with van der Waals surface area (Å²) < 4.78 is 7.71. The van der Waals surface area contributed by atoms with Gasteiger partial charge in [-0.05, 0) is 42.8 Å². The second-order valence-corrected chi connectivity index (χ2v) is 6.36. The molecule has 0 bridgehead atoms. The zero-order valence-electron chi connectivity index (χ0n) is 13.5. The van der Waals surface area contributed by atoms with Gasteiger partial charge in [0, 0.05) is 12.2 Å². The van der Waals surface area contributed by atoms with E-state index in [1.807, 2.05) is 49.4 Å². The molecule has 1 N–H and O–H groups in total. The van der Waals surface area contributed by atoms with Gasteiger partial charge in [0.1, 0.15) is 5.75 Å². The van der Waals surface area contributed by atoms with E-state index in [2.05, 4.69) is 5.32 Å². The van der Waals surface area contributed by atoms with Gasteiger partial charge in [-0.2, -0.15) is 0 Å². The van der Waals surface area contributed by atoms with Crippen LogP contribution in [0.1, 0.15) is 12.5 Å². The van der Waals surface area contributed by atoms with E-state index < -0.39 is 0 Å². The third kappa shape index (κ3) is 3.33. The van der Waals surface area contributed by atoms with Crippen LogP contribution in [-0.4, -0.2) is 17.6 Å². The maximum absolute atomic E-state index is 12.2. The summed E-state index contributed by atoms with van der Waals surface area (Å²) in [6.45, 7) is 2.58. The number of methoxy groups -OCH3 is 1. The van der Waals surface area contributed by atoms with Crippen LogP contribution in [-0.2, 0) is 17.8 Å². The molecule has 1 aromatic heterocycles. The van der Waals surface area contributed by atoms with Crippen LogP contribution in [0.25, 0.3) is 10.2 Å². The quantitative estimate of drug-likeness (QED) is 0.774. The van der Waals surface area contributed by atoms with E-state index in [9.17, 15) is 9.59 Å². The molecule has 1 amide bonds. The Bertz CT molecular complexity index is 926. The van der Waals surface area contributed by atoms with Crippen molar-refractivity contribution in [2.24, 2.45) is 0 Å². The summed E-state index contributed by atoms with van der Waals surface area (Å²) in [4.78, 5) is 24.1. The van der Waals surface area contributed by atoms with Gasteiger partial charge < -0.3 is 10.1 Å². The molecule has 0 spiro atoms. The van der Waals surface area contributed by atoms with E-state index in [0.29, 0.717) is 12.2 Å². The van der Waals surface area contributed by atoms with Crippen molar-refractivity contribution in [3.63, 3.8) is 0 Å². The summed E-state index contributed by atoms with van der Waals surface area (Å²) in [5.41, 5.74) is 2.52. The fraction of sp³-hybridized carbons (Fsp3) is 0.222. The van der Waals surface area contributed by atoms with Gasteiger partial charge in [0.05, 0.1) is 23.7 Å². The van der Waals surface area contributed by atoms with Crippen molar-refractivity contribution in [1.29, 1.82) is 0 Å². The molecular formula is C18H18N2O3S. The van der Waals surface area contributed by atoms with Gasteiger partial charge in [0.15, 0.2) is 0 Å². The summed E-state index contributed by atoms with van der Waals surface area (Å²) >= 11 is 1.19. The Balaban J connectivity index is 1.73. The molecule has 1 heterocycles. The van der Waals surface area contributed by atoms with Gasteiger partial charge in [0.2, 0.25) is 5.91 Å². The Morgan fingerprint density at radius 3 is 2.62 bits per heavy atom. The van der Waals surface area contributed by atoms with Crippen molar-refractivity contribution in [2.45, 2.75) is 19.9 Å². The zero-order chi connectivity index (χ0) is 17.1. The Kier molecular flexibility index (Phi) is 4.66. The van der Waals surface area contributed by atoms with Crippen LogP contribution >= 0.6 is 11.3 Å². The molecule has 0 aliphatic rings. The number of benzene rings is 2. The topological polar surface area (TPSA) is 60.3 Å². The minimum atomic E-state index is -0.0956. The molecule has 0 fully saturated rings. The number of nitrogens with zero attached hydrogens (tertiary/aromatic N) is 1. The van der Waals surface area contributed by atoms with Crippen LogP contribution in [0.4, 0.5) is 5.69 Å². The molecule has 2 aromatic carbocycles. The molecule has 24 heavy (non-hydrogen) atoms. The second kappa shape index (κ2) is 6.88. The second-order valence-electron chi connectivity index (χ2n) is 5.37. The van der Waals surface area contributed by atoms with Crippen molar-refractivity contribution in [2.75, 3.05) is 12.4 Å². The van der Waals surface area contributed by atoms with Crippen LogP contribution in [0.3, 0.4) is 0 Å². The van der Waals surface area contributed by atoms with E-state index >= 15 is 0 Å². The highest BCUT2D eigenvalue weighted by atomic mass is 32.1. The lowest BCUT2D eigenvalue weighted by Crippen LogP contribution is -2.14. The first-order valence-electron chi connectivity index (χ1n) is 7.67. The van der Waals surface area contributed by atoms with E-state index in [0.717, 1.165) is 21.5 Å². The molecular weight excluding hydrogens is 324 g/mol. The molecule has 5 nitrogen and oxygen atoms in total. The number of aryl methyl sites for hydroxylation is 1. The third-order valence-electron chi connectivity index (χ3n) is 3.79. The summed E-state index contributed by atoms with van der Waals surface area (Å²) in [5, 5.41) is 2.88. The molecule has 0 saturated heterocycles. The number of nitrogens with one attached hydrogen (secondary N) is 1. The van der Waals surface area contributed by atoms with Crippen molar-refractivity contribution in [1.82, 2.24) is 4.57 Å². The SMILES string of the molecule is CCn1c(=O)sc2cc(NC(=O)Cc3ccc(OC)cc3)ccc21. The summed E-state index contributed by atoms with van der Waals surface area (Å²) in [7, 11) is 1.61. The molecule has 0 unspecified atom stereocenters. The number of amides is 1. The van der Waals surface area contributed by atoms with E-state index in [1.165, 1.54) is 11.3 Å². The normalized spacial score (nSPS) is 10.8. The average molecular weight is 342 g/mol. The molecule has 0 atom stereocenters. The molecule has 0 aliphatic heterocycles. The van der Waals surface area contributed by atoms with E-state index in [-0.39, 0.29) is 17.2 Å². The fourth-order valence-electron chi connectivity index (χ4n) is 2.58. The van der Waals surface area contributed by atoms with Gasteiger partial charge in [-0.3, -0.25) is 14.2 Å². The summed E-state index contributed by atoms with van der Waals surface area (Å²) in [6, 6.07) is 13.0. The first kappa shape index (κ1) is 16.3. The standard InChI is InChI=1S/C18H18N2O3S/c1-3-20-15-9-6-13(11-16(15)24-18(20)22)19-17(21)10-12-4-7-14(23-2)8-5-12/h4-9,11H,3,10H2,1-2H3,(H,19,21). The molecule has 6 heteroatoms. The number of ether oxygens (including phenoxy) is 1. The minimum Gasteiger partial charge on any atom is -0.497 e. The van der Waals surface area contributed by atoms with Crippen LogP contribution < -0.4 is 14.9 Å². The molecule has 0 aliphatic carbocycles. The first-order chi connectivity index (χ1) is 11.6. The van der Waals surface area contributed by atoms with Gasteiger partial charge in [-0.25, -0.2) is 0 Å².